The Morgan fingerprint density at radius 1 is 1.12 bits per heavy atom. The van der Waals surface area contributed by atoms with Crippen LogP contribution in [0.15, 0.2) is 18.2 Å². The van der Waals surface area contributed by atoms with Gasteiger partial charge in [-0.1, -0.05) is 29.3 Å². The average Bonchev–Trinajstić information content (AvgIpc) is 2.28. The Morgan fingerprint density at radius 3 is 2.24 bits per heavy atom. The molecule has 1 heterocycles. The van der Waals surface area contributed by atoms with Gasteiger partial charge in [0.25, 0.3) is 0 Å². The van der Waals surface area contributed by atoms with E-state index in [4.69, 9.17) is 4.74 Å². The maximum atomic E-state index is 5.40. The number of nitrogens with zero attached hydrogens (tertiary/aromatic N) is 1. The Morgan fingerprint density at radius 2 is 1.71 bits per heavy atom. The second-order valence-corrected chi connectivity index (χ2v) is 5.21. The van der Waals surface area contributed by atoms with Gasteiger partial charge in [-0.2, -0.15) is 0 Å². The molecule has 0 aliphatic carbocycles. The first-order valence-corrected chi connectivity index (χ1v) is 6.49. The molecule has 1 aromatic rings. The highest BCUT2D eigenvalue weighted by Crippen LogP contribution is 2.17. The predicted molar refractivity (Wildman–Crippen MR) is 71.2 cm³/mol. The van der Waals surface area contributed by atoms with Crippen molar-refractivity contribution in [3.63, 3.8) is 0 Å². The topological polar surface area (TPSA) is 12.5 Å². The Hall–Kier alpha value is -0.860. The van der Waals surface area contributed by atoms with Crippen LogP contribution in [0, 0.1) is 13.8 Å². The molecular formula is C15H23NO. The summed E-state index contributed by atoms with van der Waals surface area (Å²) in [6.07, 6.45) is 2.81. The lowest BCUT2D eigenvalue weighted by molar-refractivity contribution is 0.0388. The second-order valence-electron chi connectivity index (χ2n) is 5.21. The van der Waals surface area contributed by atoms with E-state index in [0.29, 0.717) is 6.10 Å². The molecule has 0 spiro atoms. The summed E-state index contributed by atoms with van der Waals surface area (Å²) >= 11 is 0. The highest BCUT2D eigenvalue weighted by molar-refractivity contribution is 5.28. The minimum absolute atomic E-state index is 0.477. The van der Waals surface area contributed by atoms with Crippen LogP contribution in [0.4, 0.5) is 0 Å². The molecule has 0 unspecified atom stereocenters. The molecule has 0 bridgehead atoms. The van der Waals surface area contributed by atoms with Gasteiger partial charge >= 0.3 is 0 Å². The molecule has 2 rings (SSSR count). The van der Waals surface area contributed by atoms with Gasteiger partial charge in [0.2, 0.25) is 0 Å². The number of aryl methyl sites for hydroxylation is 2. The first-order chi connectivity index (χ1) is 8.17. The van der Waals surface area contributed by atoms with Crippen LogP contribution < -0.4 is 0 Å². The van der Waals surface area contributed by atoms with E-state index in [1.807, 2.05) is 7.11 Å². The van der Waals surface area contributed by atoms with Crippen molar-refractivity contribution in [3.05, 3.63) is 34.9 Å². The van der Waals surface area contributed by atoms with Crippen LogP contribution in [0.1, 0.15) is 29.5 Å². The molecular weight excluding hydrogens is 210 g/mol. The maximum Gasteiger partial charge on any atom is 0.0595 e. The zero-order valence-corrected chi connectivity index (χ0v) is 11.2. The second kappa shape index (κ2) is 5.65. The fourth-order valence-corrected chi connectivity index (χ4v) is 2.72. The molecule has 0 saturated carbocycles. The molecule has 0 amide bonds. The Balaban J connectivity index is 1.93. The van der Waals surface area contributed by atoms with Gasteiger partial charge in [-0.3, -0.25) is 4.90 Å². The van der Waals surface area contributed by atoms with Crippen molar-refractivity contribution in [2.45, 2.75) is 39.3 Å². The zero-order valence-electron chi connectivity index (χ0n) is 11.2. The molecule has 1 aliphatic heterocycles. The molecule has 94 valence electrons. The summed E-state index contributed by atoms with van der Waals surface area (Å²) in [7, 11) is 1.82. The van der Waals surface area contributed by atoms with Crippen LogP contribution in [0.5, 0.6) is 0 Å². The number of methoxy groups -OCH3 is 1. The molecule has 17 heavy (non-hydrogen) atoms. The molecule has 2 heteroatoms. The molecule has 1 fully saturated rings. The monoisotopic (exact) mass is 233 g/mol. The van der Waals surface area contributed by atoms with Crippen molar-refractivity contribution >= 4 is 0 Å². The van der Waals surface area contributed by atoms with Crippen molar-refractivity contribution in [2.24, 2.45) is 0 Å². The third-order valence-electron chi connectivity index (χ3n) is 3.56. The maximum absolute atomic E-state index is 5.40. The lowest BCUT2D eigenvalue weighted by Crippen LogP contribution is -2.36. The van der Waals surface area contributed by atoms with Crippen LogP contribution in [0.25, 0.3) is 0 Å². The average molecular weight is 233 g/mol. The van der Waals surface area contributed by atoms with Crippen molar-refractivity contribution in [2.75, 3.05) is 20.2 Å². The third-order valence-corrected chi connectivity index (χ3v) is 3.56. The van der Waals surface area contributed by atoms with Crippen LogP contribution in [-0.4, -0.2) is 31.2 Å². The smallest absolute Gasteiger partial charge is 0.0595 e. The Bertz CT molecular complexity index is 347. The molecule has 0 aromatic heterocycles. The van der Waals surface area contributed by atoms with E-state index >= 15 is 0 Å². The normalized spacial score (nSPS) is 18.5. The summed E-state index contributed by atoms with van der Waals surface area (Å²) in [4.78, 5) is 2.53. The first kappa shape index (κ1) is 12.6. The van der Waals surface area contributed by atoms with Crippen LogP contribution in [-0.2, 0) is 11.3 Å². The van der Waals surface area contributed by atoms with Gasteiger partial charge in [-0.15, -0.1) is 0 Å². The predicted octanol–water partition coefficient (Wildman–Crippen LogP) is 2.91. The number of hydrogen-bond donors (Lipinski definition) is 0. The lowest BCUT2D eigenvalue weighted by atomic mass is 10.0. The van der Waals surface area contributed by atoms with Crippen molar-refractivity contribution in [1.82, 2.24) is 4.90 Å². The van der Waals surface area contributed by atoms with E-state index in [1.54, 1.807) is 0 Å². The number of benzene rings is 1. The Kier molecular flexibility index (Phi) is 4.19. The van der Waals surface area contributed by atoms with E-state index in [2.05, 4.69) is 36.9 Å². The molecule has 0 atom stereocenters. The summed E-state index contributed by atoms with van der Waals surface area (Å²) in [5.41, 5.74) is 4.18. The van der Waals surface area contributed by atoms with E-state index in [-0.39, 0.29) is 0 Å². The van der Waals surface area contributed by atoms with Crippen LogP contribution in [0.3, 0.4) is 0 Å². The SMILES string of the molecule is COC1CCN(Cc2cc(C)cc(C)c2)CC1. The molecule has 1 saturated heterocycles. The minimum atomic E-state index is 0.477. The van der Waals surface area contributed by atoms with E-state index < -0.39 is 0 Å². The standard InChI is InChI=1S/C15H23NO/c1-12-8-13(2)10-14(9-12)11-16-6-4-15(17-3)5-7-16/h8-10,15H,4-7,11H2,1-3H3. The lowest BCUT2D eigenvalue weighted by Gasteiger charge is -2.31. The largest absolute Gasteiger partial charge is 0.381 e. The van der Waals surface area contributed by atoms with E-state index in [1.165, 1.54) is 29.5 Å². The van der Waals surface area contributed by atoms with Crippen LogP contribution >= 0.6 is 0 Å². The number of piperidine rings is 1. The number of ether oxygens (including phenoxy) is 1. The van der Waals surface area contributed by atoms with Gasteiger partial charge in [0.15, 0.2) is 0 Å². The summed E-state index contributed by atoms with van der Waals surface area (Å²) in [6, 6.07) is 6.84. The molecule has 1 aromatic carbocycles. The summed E-state index contributed by atoms with van der Waals surface area (Å²) < 4.78 is 5.40. The summed E-state index contributed by atoms with van der Waals surface area (Å²) in [6.45, 7) is 7.75. The van der Waals surface area contributed by atoms with Gasteiger partial charge in [0.05, 0.1) is 6.10 Å². The fourth-order valence-electron chi connectivity index (χ4n) is 2.72. The van der Waals surface area contributed by atoms with Crippen molar-refractivity contribution in [1.29, 1.82) is 0 Å². The molecule has 0 N–H and O–H groups in total. The summed E-state index contributed by atoms with van der Waals surface area (Å²) in [5, 5.41) is 0. The summed E-state index contributed by atoms with van der Waals surface area (Å²) in [5.74, 6) is 0. The Labute approximate surface area is 105 Å². The van der Waals surface area contributed by atoms with E-state index in [0.717, 1.165) is 19.6 Å². The number of rotatable bonds is 3. The van der Waals surface area contributed by atoms with Gasteiger partial charge in [-0.25, -0.2) is 0 Å². The molecule has 2 nitrogen and oxygen atoms in total. The highest BCUT2D eigenvalue weighted by Gasteiger charge is 2.18. The van der Waals surface area contributed by atoms with Crippen molar-refractivity contribution in [3.8, 4) is 0 Å². The number of likely N-dealkylation sites (tertiary alicyclic amines) is 1. The molecule has 1 aliphatic rings. The minimum Gasteiger partial charge on any atom is -0.381 e. The van der Waals surface area contributed by atoms with Crippen LogP contribution in [0.2, 0.25) is 0 Å². The number of hydrogen-bond acceptors (Lipinski definition) is 2. The zero-order chi connectivity index (χ0) is 12.3. The third kappa shape index (κ3) is 3.55. The van der Waals surface area contributed by atoms with Gasteiger partial charge in [-0.05, 0) is 32.3 Å². The van der Waals surface area contributed by atoms with Gasteiger partial charge in [0.1, 0.15) is 0 Å². The first-order valence-electron chi connectivity index (χ1n) is 6.49. The van der Waals surface area contributed by atoms with Gasteiger partial charge in [0, 0.05) is 26.7 Å². The van der Waals surface area contributed by atoms with Crippen molar-refractivity contribution < 1.29 is 4.74 Å². The quantitative estimate of drug-likeness (QED) is 0.796. The highest BCUT2D eigenvalue weighted by atomic mass is 16.5. The van der Waals surface area contributed by atoms with Gasteiger partial charge < -0.3 is 4.74 Å². The van der Waals surface area contributed by atoms with E-state index in [9.17, 15) is 0 Å². The molecule has 0 radical (unpaired) electrons. The fraction of sp³-hybridized carbons (Fsp3) is 0.600.